The Morgan fingerprint density at radius 2 is 2.25 bits per heavy atom. The van der Waals surface area contributed by atoms with E-state index in [1.807, 2.05) is 13.1 Å². The van der Waals surface area contributed by atoms with Crippen molar-refractivity contribution in [3.05, 3.63) is 23.5 Å². The molecule has 0 radical (unpaired) electrons. The van der Waals surface area contributed by atoms with Gasteiger partial charge in [0.1, 0.15) is 0 Å². The van der Waals surface area contributed by atoms with Crippen LogP contribution in [0.5, 0.6) is 0 Å². The first-order valence-corrected chi connectivity index (χ1v) is 5.94. The highest BCUT2D eigenvalue weighted by Crippen LogP contribution is 2.21. The van der Waals surface area contributed by atoms with Crippen molar-refractivity contribution in [3.8, 4) is 0 Å². The minimum Gasteiger partial charge on any atom is -0.385 e. The summed E-state index contributed by atoms with van der Waals surface area (Å²) in [6.45, 7) is 3.73. The van der Waals surface area contributed by atoms with Gasteiger partial charge in [0.25, 0.3) is 0 Å². The molecule has 0 aliphatic heterocycles. The average molecular weight is 243 g/mol. The van der Waals surface area contributed by atoms with Crippen LogP contribution in [0.1, 0.15) is 17.7 Å². The van der Waals surface area contributed by atoms with Gasteiger partial charge >= 0.3 is 0 Å². The Morgan fingerprint density at radius 1 is 1.50 bits per heavy atom. The molecule has 1 aromatic rings. The highest BCUT2D eigenvalue weighted by molar-refractivity contribution is 6.17. The third kappa shape index (κ3) is 3.65. The Labute approximate surface area is 102 Å². The Kier molecular flexibility index (Phi) is 5.56. The van der Waals surface area contributed by atoms with Gasteiger partial charge < -0.3 is 9.64 Å². The number of rotatable bonds is 6. The molecule has 0 unspecified atom stereocenters. The van der Waals surface area contributed by atoms with Crippen molar-refractivity contribution < 1.29 is 4.74 Å². The molecule has 0 saturated carbocycles. The summed E-state index contributed by atoms with van der Waals surface area (Å²) in [4.78, 5) is 6.45. The summed E-state index contributed by atoms with van der Waals surface area (Å²) in [6.07, 6.45) is 2.86. The molecule has 90 valence electrons. The van der Waals surface area contributed by atoms with Crippen LogP contribution >= 0.6 is 11.6 Å². The predicted molar refractivity (Wildman–Crippen MR) is 68.3 cm³/mol. The summed E-state index contributed by atoms with van der Waals surface area (Å²) in [5.41, 5.74) is 3.26. The summed E-state index contributed by atoms with van der Waals surface area (Å²) in [7, 11) is 3.79. The maximum Gasteiger partial charge on any atom is 0.0509 e. The van der Waals surface area contributed by atoms with E-state index in [1.54, 1.807) is 7.11 Å². The van der Waals surface area contributed by atoms with Crippen LogP contribution in [0, 0.1) is 6.92 Å². The van der Waals surface area contributed by atoms with E-state index in [-0.39, 0.29) is 0 Å². The minimum absolute atomic E-state index is 0.497. The van der Waals surface area contributed by atoms with Crippen LogP contribution in [0.4, 0.5) is 5.69 Å². The van der Waals surface area contributed by atoms with Gasteiger partial charge in [-0.25, -0.2) is 0 Å². The minimum atomic E-state index is 0.497. The number of aryl methyl sites for hydroxylation is 1. The second-order valence-electron chi connectivity index (χ2n) is 3.86. The van der Waals surface area contributed by atoms with Gasteiger partial charge in [0.2, 0.25) is 0 Å². The summed E-state index contributed by atoms with van der Waals surface area (Å²) in [6, 6.07) is 2.07. The van der Waals surface area contributed by atoms with Crippen molar-refractivity contribution in [2.45, 2.75) is 19.2 Å². The fourth-order valence-electron chi connectivity index (χ4n) is 1.60. The second kappa shape index (κ2) is 6.71. The molecule has 0 N–H and O–H groups in total. The SMILES string of the molecule is COCCCN(C)c1cc(C)ncc1CCl. The number of alkyl halides is 1. The van der Waals surface area contributed by atoms with Crippen LogP contribution in [0.15, 0.2) is 12.3 Å². The highest BCUT2D eigenvalue weighted by Gasteiger charge is 2.07. The van der Waals surface area contributed by atoms with Crippen LogP contribution in [-0.4, -0.2) is 32.3 Å². The maximum atomic E-state index is 5.90. The van der Waals surface area contributed by atoms with Crippen molar-refractivity contribution in [2.75, 3.05) is 32.2 Å². The highest BCUT2D eigenvalue weighted by atomic mass is 35.5. The van der Waals surface area contributed by atoms with Crippen molar-refractivity contribution in [1.29, 1.82) is 0 Å². The Bertz CT molecular complexity index is 331. The van der Waals surface area contributed by atoms with Gasteiger partial charge in [-0.05, 0) is 19.4 Å². The smallest absolute Gasteiger partial charge is 0.0509 e. The molecule has 0 aliphatic rings. The molecule has 0 bridgehead atoms. The van der Waals surface area contributed by atoms with Crippen molar-refractivity contribution in [1.82, 2.24) is 4.98 Å². The first-order valence-electron chi connectivity index (χ1n) is 5.40. The Balaban J connectivity index is 2.72. The number of hydrogen-bond acceptors (Lipinski definition) is 3. The van der Waals surface area contributed by atoms with Gasteiger partial charge in [0, 0.05) is 50.5 Å². The number of aromatic nitrogens is 1. The van der Waals surface area contributed by atoms with Gasteiger partial charge in [-0.1, -0.05) is 0 Å². The molecule has 0 aliphatic carbocycles. The molecule has 0 amide bonds. The lowest BCUT2D eigenvalue weighted by atomic mass is 10.2. The summed E-state index contributed by atoms with van der Waals surface area (Å²) in [5, 5.41) is 0. The molecule has 16 heavy (non-hydrogen) atoms. The first-order chi connectivity index (χ1) is 7.69. The van der Waals surface area contributed by atoms with E-state index in [0.29, 0.717) is 5.88 Å². The van der Waals surface area contributed by atoms with E-state index < -0.39 is 0 Å². The molecule has 1 rings (SSSR count). The maximum absolute atomic E-state index is 5.90. The summed E-state index contributed by atoms with van der Waals surface area (Å²) >= 11 is 5.90. The van der Waals surface area contributed by atoms with Crippen LogP contribution in [0.25, 0.3) is 0 Å². The van der Waals surface area contributed by atoms with E-state index in [9.17, 15) is 0 Å². The van der Waals surface area contributed by atoms with Crippen molar-refractivity contribution in [2.24, 2.45) is 0 Å². The molecule has 3 nitrogen and oxygen atoms in total. The first kappa shape index (κ1) is 13.3. The van der Waals surface area contributed by atoms with E-state index >= 15 is 0 Å². The molecule has 1 aromatic heterocycles. The zero-order chi connectivity index (χ0) is 12.0. The summed E-state index contributed by atoms with van der Waals surface area (Å²) in [5.74, 6) is 0.497. The third-order valence-electron chi connectivity index (χ3n) is 2.50. The molecule has 0 fully saturated rings. The number of nitrogens with zero attached hydrogens (tertiary/aromatic N) is 2. The molecule has 0 spiro atoms. The van der Waals surface area contributed by atoms with Gasteiger partial charge in [0.15, 0.2) is 0 Å². The number of anilines is 1. The number of halogens is 1. The monoisotopic (exact) mass is 242 g/mol. The molecule has 1 heterocycles. The van der Waals surface area contributed by atoms with Crippen molar-refractivity contribution in [3.63, 3.8) is 0 Å². The van der Waals surface area contributed by atoms with Gasteiger partial charge in [-0.15, -0.1) is 11.6 Å². The molecule has 0 saturated heterocycles. The summed E-state index contributed by atoms with van der Waals surface area (Å²) < 4.78 is 5.04. The molecule has 0 aromatic carbocycles. The number of pyridine rings is 1. The normalized spacial score (nSPS) is 10.5. The zero-order valence-corrected chi connectivity index (χ0v) is 10.9. The van der Waals surface area contributed by atoms with E-state index in [4.69, 9.17) is 16.3 Å². The number of methoxy groups -OCH3 is 1. The standard InChI is InChI=1S/C12H19ClN2O/c1-10-7-12(11(8-13)9-14-10)15(2)5-4-6-16-3/h7,9H,4-6,8H2,1-3H3. The largest absolute Gasteiger partial charge is 0.385 e. The van der Waals surface area contributed by atoms with Crippen LogP contribution in [-0.2, 0) is 10.6 Å². The quantitative estimate of drug-likeness (QED) is 0.567. The Hall–Kier alpha value is -0.800. The van der Waals surface area contributed by atoms with Gasteiger partial charge in [-0.3, -0.25) is 4.98 Å². The van der Waals surface area contributed by atoms with Crippen LogP contribution < -0.4 is 4.90 Å². The number of hydrogen-bond donors (Lipinski definition) is 0. The molecular formula is C12H19ClN2O. The fraction of sp³-hybridized carbons (Fsp3) is 0.583. The molecular weight excluding hydrogens is 224 g/mol. The van der Waals surface area contributed by atoms with Crippen molar-refractivity contribution >= 4 is 17.3 Å². The lowest BCUT2D eigenvalue weighted by molar-refractivity contribution is 0.196. The Morgan fingerprint density at radius 3 is 2.88 bits per heavy atom. The van der Waals surface area contributed by atoms with E-state index in [2.05, 4.69) is 23.0 Å². The molecule has 4 heteroatoms. The van der Waals surface area contributed by atoms with Gasteiger partial charge in [-0.2, -0.15) is 0 Å². The second-order valence-corrected chi connectivity index (χ2v) is 4.12. The topological polar surface area (TPSA) is 25.4 Å². The van der Waals surface area contributed by atoms with E-state index in [0.717, 1.165) is 30.8 Å². The lowest BCUT2D eigenvalue weighted by Crippen LogP contribution is -2.21. The van der Waals surface area contributed by atoms with Crippen LogP contribution in [0.2, 0.25) is 0 Å². The number of ether oxygens (including phenoxy) is 1. The third-order valence-corrected chi connectivity index (χ3v) is 2.78. The lowest BCUT2D eigenvalue weighted by Gasteiger charge is -2.22. The average Bonchev–Trinajstić information content (AvgIpc) is 2.29. The fourth-order valence-corrected chi connectivity index (χ4v) is 1.80. The van der Waals surface area contributed by atoms with E-state index in [1.165, 1.54) is 5.69 Å². The van der Waals surface area contributed by atoms with Gasteiger partial charge in [0.05, 0.1) is 5.88 Å². The predicted octanol–water partition coefficient (Wildman–Crippen LogP) is 2.60. The zero-order valence-electron chi connectivity index (χ0n) is 10.2. The van der Waals surface area contributed by atoms with Crippen LogP contribution in [0.3, 0.4) is 0 Å². The molecule has 0 atom stereocenters.